The molecule has 0 aliphatic heterocycles. The molecule has 3 aromatic rings. The fourth-order valence-electron chi connectivity index (χ4n) is 2.05. The first kappa shape index (κ1) is 27.1. The average Bonchev–Trinajstić information content (AvgIpc) is 2.74. The monoisotopic (exact) mass is 708 g/mol. The van der Waals surface area contributed by atoms with E-state index in [1.54, 1.807) is 72.8 Å². The zero-order valence-corrected chi connectivity index (χ0v) is 22.9. The van der Waals surface area contributed by atoms with Gasteiger partial charge in [0.2, 0.25) is 0 Å². The van der Waals surface area contributed by atoms with Crippen LogP contribution < -0.4 is 0 Å². The van der Waals surface area contributed by atoms with Crippen LogP contribution in [-0.2, 0) is 25.3 Å². The minimum absolute atomic E-state index is 0.0605. The second-order valence-electron chi connectivity index (χ2n) is 6.15. The first-order valence-electron chi connectivity index (χ1n) is 8.78. The van der Waals surface area contributed by atoms with Crippen molar-refractivity contribution in [1.29, 1.82) is 0 Å². The Hall–Kier alpha value is -1.14. The van der Waals surface area contributed by atoms with Crippen molar-refractivity contribution in [3.8, 4) is 0 Å². The summed E-state index contributed by atoms with van der Waals surface area (Å²) >= 11 is -6.09. The Kier molecular flexibility index (Phi) is 10.5. The predicted octanol–water partition coefficient (Wildman–Crippen LogP) is 4.06. The topological polar surface area (TPSA) is 127 Å². The summed E-state index contributed by atoms with van der Waals surface area (Å²) in [5.74, 6) is 0. The van der Waals surface area contributed by atoms with E-state index >= 15 is 0 Å². The van der Waals surface area contributed by atoms with Gasteiger partial charge in [-0.1, -0.05) is 0 Å². The van der Waals surface area contributed by atoms with E-state index in [0.29, 0.717) is 7.14 Å². The molecule has 0 amide bonds. The minimum atomic E-state index is -3.90. The fraction of sp³-hybridized carbons (Fsp3) is 0.100. The summed E-state index contributed by atoms with van der Waals surface area (Å²) in [6.45, 7) is 1.87. The molecule has 0 saturated heterocycles. The van der Waals surface area contributed by atoms with Crippen LogP contribution in [0.25, 0.3) is 0 Å². The third-order valence-electron chi connectivity index (χ3n) is 3.47. The first-order valence-corrected chi connectivity index (χ1v) is 17.9. The van der Waals surface area contributed by atoms with Crippen LogP contribution in [0.5, 0.6) is 0 Å². The molecule has 8 nitrogen and oxygen atoms in total. The molecule has 0 saturated carbocycles. The van der Waals surface area contributed by atoms with Gasteiger partial charge in [-0.25, -0.2) is 0 Å². The molecule has 12 heteroatoms. The average molecular weight is 708 g/mol. The third-order valence-corrected chi connectivity index (χ3v) is 13.9. The second kappa shape index (κ2) is 12.4. The van der Waals surface area contributed by atoms with Crippen LogP contribution in [-0.4, -0.2) is 30.0 Å². The number of rotatable bonds is 7. The quantitative estimate of drug-likeness (QED) is 0.352. The van der Waals surface area contributed by atoms with E-state index in [0.717, 1.165) is 11.8 Å². The van der Waals surface area contributed by atoms with Gasteiger partial charge in [0.15, 0.2) is 0 Å². The van der Waals surface area contributed by atoms with Crippen LogP contribution in [0, 0.1) is 14.1 Å². The molecule has 0 unspecified atom stereocenters. The Labute approximate surface area is 204 Å². The van der Waals surface area contributed by atoms with Gasteiger partial charge in [0.05, 0.1) is 0 Å². The van der Waals surface area contributed by atoms with Gasteiger partial charge in [-0.3, -0.25) is 0 Å². The molecular weight excluding hydrogens is 686 g/mol. The van der Waals surface area contributed by atoms with E-state index in [9.17, 15) is 23.7 Å². The standard InChI is InChI=1S/C13H13IO4S.C7H9IO4S/c1-11-7-9-13(10-8-11)19(16,17)18-14(15)12-5-3-2-4-6-12;1-13(10,11)12-8(9)7-5-3-2-4-6-7/h2-10,15H,1H3;2-6,9H,1H3. The van der Waals surface area contributed by atoms with Crippen molar-refractivity contribution in [2.75, 3.05) is 6.26 Å². The predicted molar refractivity (Wildman–Crippen MR) is 138 cm³/mol. The van der Waals surface area contributed by atoms with Gasteiger partial charge in [0, 0.05) is 0 Å². The zero-order chi connectivity index (χ0) is 23.8. The maximum atomic E-state index is 12.0. The van der Waals surface area contributed by atoms with Crippen molar-refractivity contribution in [2.24, 2.45) is 0 Å². The Morgan fingerprint density at radius 2 is 1.06 bits per heavy atom. The van der Waals surface area contributed by atoms with Crippen molar-refractivity contribution in [3.05, 3.63) is 97.6 Å². The van der Waals surface area contributed by atoms with Gasteiger partial charge in [0.25, 0.3) is 0 Å². The number of benzene rings is 3. The molecule has 0 aliphatic rings. The van der Waals surface area contributed by atoms with Crippen LogP contribution >= 0.6 is 41.3 Å². The van der Waals surface area contributed by atoms with Crippen LogP contribution in [0.15, 0.2) is 89.8 Å². The van der Waals surface area contributed by atoms with Gasteiger partial charge >= 0.3 is 206 Å². The molecule has 0 spiro atoms. The molecule has 0 atom stereocenters. The van der Waals surface area contributed by atoms with E-state index in [4.69, 9.17) is 2.51 Å². The SMILES string of the molecule is CS(=O)(=O)OI(O)c1ccccc1.Cc1ccc(S(=O)(=O)OI(O)c2ccccc2)cc1. The fourth-order valence-corrected chi connectivity index (χ4v) is 10.2. The second-order valence-corrected chi connectivity index (χ2v) is 16.5. The first-order chi connectivity index (χ1) is 15.0. The maximum absolute atomic E-state index is 12.0. The summed E-state index contributed by atoms with van der Waals surface area (Å²) in [7, 11) is -7.46. The molecule has 0 bridgehead atoms. The van der Waals surface area contributed by atoms with E-state index in [1.165, 1.54) is 12.1 Å². The molecule has 0 aromatic heterocycles. The number of hydrogen-bond acceptors (Lipinski definition) is 8. The summed E-state index contributed by atoms with van der Waals surface area (Å²) in [6.07, 6.45) is 0.927. The van der Waals surface area contributed by atoms with Gasteiger partial charge in [-0.15, -0.1) is 0 Å². The van der Waals surface area contributed by atoms with Gasteiger partial charge < -0.3 is 0 Å². The van der Waals surface area contributed by atoms with E-state index in [1.807, 2.05) is 6.92 Å². The Morgan fingerprint density at radius 1 is 0.656 bits per heavy atom. The summed E-state index contributed by atoms with van der Waals surface area (Å²) < 4.78 is 75.2. The van der Waals surface area contributed by atoms with Crippen molar-refractivity contribution in [1.82, 2.24) is 0 Å². The summed E-state index contributed by atoms with van der Waals surface area (Å²) in [5, 5.41) is 0. The van der Waals surface area contributed by atoms with E-state index < -0.39 is 61.5 Å². The summed E-state index contributed by atoms with van der Waals surface area (Å²) in [5.41, 5.74) is 0.960. The Bertz CT molecular complexity index is 1190. The molecule has 0 heterocycles. The van der Waals surface area contributed by atoms with Crippen LogP contribution in [0.1, 0.15) is 5.56 Å². The van der Waals surface area contributed by atoms with Crippen molar-refractivity contribution >= 4 is 61.5 Å². The van der Waals surface area contributed by atoms with Crippen LogP contribution in [0.3, 0.4) is 0 Å². The molecule has 2 N–H and O–H groups in total. The van der Waals surface area contributed by atoms with Crippen molar-refractivity contribution in [2.45, 2.75) is 11.8 Å². The number of hydrogen-bond donors (Lipinski definition) is 2. The summed E-state index contributed by atoms with van der Waals surface area (Å²) in [4.78, 5) is 0.0605. The van der Waals surface area contributed by atoms with E-state index in [-0.39, 0.29) is 4.90 Å². The molecule has 176 valence electrons. The van der Waals surface area contributed by atoms with Crippen molar-refractivity contribution in [3.63, 3.8) is 0 Å². The molecule has 0 aliphatic carbocycles. The Morgan fingerprint density at radius 3 is 1.47 bits per heavy atom. The number of aryl methyl sites for hydroxylation is 1. The Balaban J connectivity index is 0.000000244. The molecule has 3 rings (SSSR count). The van der Waals surface area contributed by atoms with Crippen molar-refractivity contribution < 1.29 is 28.7 Å². The molecule has 3 aromatic carbocycles. The molecule has 32 heavy (non-hydrogen) atoms. The van der Waals surface area contributed by atoms with Crippen LogP contribution in [0.4, 0.5) is 0 Å². The zero-order valence-electron chi connectivity index (χ0n) is 17.0. The third kappa shape index (κ3) is 9.38. The van der Waals surface area contributed by atoms with Gasteiger partial charge in [-0.05, 0) is 0 Å². The molecule has 0 radical (unpaired) electrons. The number of halogens is 2. The van der Waals surface area contributed by atoms with Gasteiger partial charge in [0.1, 0.15) is 0 Å². The normalized spacial score (nSPS) is 12.4. The van der Waals surface area contributed by atoms with E-state index in [2.05, 4.69) is 2.51 Å². The van der Waals surface area contributed by atoms with Gasteiger partial charge in [-0.2, -0.15) is 0 Å². The summed E-state index contributed by atoms with van der Waals surface area (Å²) in [6, 6.07) is 23.4. The molecular formula is C20H22I2O8S2. The molecule has 0 fully saturated rings. The van der Waals surface area contributed by atoms with Crippen LogP contribution in [0.2, 0.25) is 0 Å².